The fourth-order valence-corrected chi connectivity index (χ4v) is 2.20. The van der Waals surface area contributed by atoms with Crippen molar-refractivity contribution in [2.24, 2.45) is 5.73 Å². The first kappa shape index (κ1) is 15.7. The highest BCUT2D eigenvalue weighted by Crippen LogP contribution is 2.15. The third-order valence-corrected chi connectivity index (χ3v) is 3.21. The van der Waals surface area contributed by atoms with Crippen molar-refractivity contribution in [1.82, 2.24) is 5.32 Å². The maximum Gasteiger partial charge on any atom is 0.262 e. The van der Waals surface area contributed by atoms with E-state index < -0.39 is 0 Å². The van der Waals surface area contributed by atoms with Gasteiger partial charge < -0.3 is 15.8 Å². The number of ether oxygens (including phenoxy) is 1. The molecule has 3 N–H and O–H groups in total. The van der Waals surface area contributed by atoms with Crippen molar-refractivity contribution in [2.75, 3.05) is 26.3 Å². The lowest BCUT2D eigenvalue weighted by Gasteiger charge is -2.05. The van der Waals surface area contributed by atoms with Crippen LogP contribution in [0.2, 0.25) is 0 Å². The standard InChI is InChI=1S/C14H20N2O2S/c1-2-9-18-10-4-8-16-14(17)13-12(5-3-7-15)6-11-19-13/h6,11H,2,4,7-10,15H2,1H3,(H,16,17). The minimum Gasteiger partial charge on any atom is -0.381 e. The predicted octanol–water partition coefficient (Wildman–Crippen LogP) is 1.60. The van der Waals surface area contributed by atoms with Crippen molar-refractivity contribution in [2.45, 2.75) is 19.8 Å². The van der Waals surface area contributed by atoms with Gasteiger partial charge in [0, 0.05) is 25.3 Å². The summed E-state index contributed by atoms with van der Waals surface area (Å²) in [6.45, 7) is 4.44. The molecule has 0 saturated carbocycles. The van der Waals surface area contributed by atoms with Gasteiger partial charge in [-0.05, 0) is 24.3 Å². The zero-order valence-electron chi connectivity index (χ0n) is 11.2. The molecule has 0 aliphatic rings. The van der Waals surface area contributed by atoms with Gasteiger partial charge in [-0.25, -0.2) is 0 Å². The average Bonchev–Trinajstić information content (AvgIpc) is 2.88. The Hall–Kier alpha value is -1.35. The van der Waals surface area contributed by atoms with E-state index in [2.05, 4.69) is 24.1 Å². The molecule has 1 aromatic rings. The third-order valence-electron chi connectivity index (χ3n) is 2.30. The fraction of sp³-hybridized carbons (Fsp3) is 0.500. The smallest absolute Gasteiger partial charge is 0.262 e. The second-order valence-electron chi connectivity index (χ2n) is 3.89. The second kappa shape index (κ2) is 9.56. The minimum absolute atomic E-state index is 0.0770. The number of hydrogen-bond acceptors (Lipinski definition) is 4. The highest BCUT2D eigenvalue weighted by atomic mass is 32.1. The van der Waals surface area contributed by atoms with Crippen molar-refractivity contribution in [3.05, 3.63) is 21.9 Å². The predicted molar refractivity (Wildman–Crippen MR) is 78.3 cm³/mol. The number of nitrogens with two attached hydrogens (primary N) is 1. The van der Waals surface area contributed by atoms with Crippen LogP contribution in [0.3, 0.4) is 0 Å². The van der Waals surface area contributed by atoms with Gasteiger partial charge in [0.15, 0.2) is 0 Å². The summed E-state index contributed by atoms with van der Waals surface area (Å²) in [6, 6.07) is 1.84. The Bertz CT molecular complexity index is 446. The summed E-state index contributed by atoms with van der Waals surface area (Å²) in [5.41, 5.74) is 6.07. The number of rotatable bonds is 7. The van der Waals surface area contributed by atoms with Crippen LogP contribution < -0.4 is 11.1 Å². The molecule has 0 fully saturated rings. The molecule has 1 aromatic heterocycles. The molecular formula is C14H20N2O2S. The van der Waals surface area contributed by atoms with E-state index in [9.17, 15) is 4.79 Å². The van der Waals surface area contributed by atoms with E-state index in [1.54, 1.807) is 0 Å². The van der Waals surface area contributed by atoms with Crippen LogP contribution in [0.4, 0.5) is 0 Å². The van der Waals surface area contributed by atoms with Gasteiger partial charge in [0.05, 0.1) is 6.54 Å². The largest absolute Gasteiger partial charge is 0.381 e. The van der Waals surface area contributed by atoms with Crippen molar-refractivity contribution < 1.29 is 9.53 Å². The molecule has 1 heterocycles. The first-order valence-corrected chi connectivity index (χ1v) is 7.30. The van der Waals surface area contributed by atoms with Crippen LogP contribution in [0.5, 0.6) is 0 Å². The van der Waals surface area contributed by atoms with E-state index in [4.69, 9.17) is 10.5 Å². The number of hydrogen-bond donors (Lipinski definition) is 2. The number of carbonyl (C=O) groups is 1. The fourth-order valence-electron chi connectivity index (χ4n) is 1.43. The average molecular weight is 280 g/mol. The number of amides is 1. The quantitative estimate of drug-likeness (QED) is 0.589. The molecule has 0 aromatic carbocycles. The lowest BCUT2D eigenvalue weighted by molar-refractivity contribution is 0.0945. The summed E-state index contributed by atoms with van der Waals surface area (Å²) in [7, 11) is 0. The van der Waals surface area contributed by atoms with Crippen molar-refractivity contribution in [3.63, 3.8) is 0 Å². The van der Waals surface area contributed by atoms with E-state index >= 15 is 0 Å². The molecule has 0 saturated heterocycles. The Labute approximate surface area is 118 Å². The van der Waals surface area contributed by atoms with Crippen LogP contribution in [0, 0.1) is 11.8 Å². The molecule has 0 unspecified atom stereocenters. The van der Waals surface area contributed by atoms with Gasteiger partial charge in [0.2, 0.25) is 0 Å². The van der Waals surface area contributed by atoms with E-state index in [1.807, 2.05) is 11.4 Å². The number of thiophene rings is 1. The molecule has 19 heavy (non-hydrogen) atoms. The summed E-state index contributed by atoms with van der Waals surface area (Å²) >= 11 is 1.39. The van der Waals surface area contributed by atoms with Crippen molar-refractivity contribution in [1.29, 1.82) is 0 Å². The Morgan fingerprint density at radius 1 is 1.53 bits per heavy atom. The van der Waals surface area contributed by atoms with Crippen LogP contribution in [0.15, 0.2) is 11.4 Å². The zero-order chi connectivity index (χ0) is 13.9. The monoisotopic (exact) mass is 280 g/mol. The van der Waals surface area contributed by atoms with E-state index in [0.717, 1.165) is 25.0 Å². The number of nitrogens with one attached hydrogen (secondary N) is 1. The molecular weight excluding hydrogens is 260 g/mol. The maximum atomic E-state index is 11.9. The second-order valence-corrected chi connectivity index (χ2v) is 4.81. The first-order valence-electron chi connectivity index (χ1n) is 6.42. The third kappa shape index (κ3) is 5.88. The van der Waals surface area contributed by atoms with Crippen LogP contribution in [0.25, 0.3) is 0 Å². The van der Waals surface area contributed by atoms with Crippen molar-refractivity contribution >= 4 is 17.2 Å². The molecule has 0 bridgehead atoms. The minimum atomic E-state index is -0.0770. The summed E-state index contributed by atoms with van der Waals surface area (Å²) in [6.07, 6.45) is 1.84. The van der Waals surface area contributed by atoms with Crippen LogP contribution in [-0.2, 0) is 4.74 Å². The lowest BCUT2D eigenvalue weighted by Crippen LogP contribution is -2.25. The molecule has 0 spiro atoms. The van der Waals surface area contributed by atoms with Crippen LogP contribution in [-0.4, -0.2) is 32.2 Å². The SMILES string of the molecule is CCCOCCCNC(=O)c1sccc1C#CCN. The van der Waals surface area contributed by atoms with Gasteiger partial charge in [0.25, 0.3) is 5.91 Å². The lowest BCUT2D eigenvalue weighted by atomic mass is 10.2. The van der Waals surface area contributed by atoms with Gasteiger partial charge in [0.1, 0.15) is 4.88 Å². The van der Waals surface area contributed by atoms with Gasteiger partial charge >= 0.3 is 0 Å². The van der Waals surface area contributed by atoms with Gasteiger partial charge in [-0.15, -0.1) is 11.3 Å². The Morgan fingerprint density at radius 3 is 3.11 bits per heavy atom. The Morgan fingerprint density at radius 2 is 2.37 bits per heavy atom. The molecule has 1 amide bonds. The molecule has 5 heteroatoms. The van der Waals surface area contributed by atoms with Crippen LogP contribution in [0.1, 0.15) is 35.0 Å². The van der Waals surface area contributed by atoms with Gasteiger partial charge in [-0.2, -0.15) is 0 Å². The highest BCUT2D eigenvalue weighted by molar-refractivity contribution is 7.12. The topological polar surface area (TPSA) is 64.3 Å². The molecule has 0 radical (unpaired) electrons. The maximum absolute atomic E-state index is 11.9. The summed E-state index contributed by atoms with van der Waals surface area (Å²) in [4.78, 5) is 12.6. The number of carbonyl (C=O) groups excluding carboxylic acids is 1. The molecule has 0 aliphatic carbocycles. The zero-order valence-corrected chi connectivity index (χ0v) is 12.0. The van der Waals surface area contributed by atoms with E-state index in [1.165, 1.54) is 11.3 Å². The highest BCUT2D eigenvalue weighted by Gasteiger charge is 2.10. The molecule has 0 atom stereocenters. The normalized spacial score (nSPS) is 9.79. The Kier molecular flexibility index (Phi) is 7.91. The molecule has 4 nitrogen and oxygen atoms in total. The Balaban J connectivity index is 2.35. The van der Waals surface area contributed by atoms with Gasteiger partial charge in [-0.3, -0.25) is 4.79 Å². The summed E-state index contributed by atoms with van der Waals surface area (Å²) in [5, 5.41) is 4.73. The first-order chi connectivity index (χ1) is 9.29. The molecule has 104 valence electrons. The van der Waals surface area contributed by atoms with Crippen molar-refractivity contribution in [3.8, 4) is 11.8 Å². The molecule has 1 rings (SSSR count). The van der Waals surface area contributed by atoms with E-state index in [-0.39, 0.29) is 5.91 Å². The van der Waals surface area contributed by atoms with E-state index in [0.29, 0.717) is 24.6 Å². The van der Waals surface area contributed by atoms with Crippen LogP contribution >= 0.6 is 11.3 Å². The molecule has 0 aliphatic heterocycles. The van der Waals surface area contributed by atoms with Gasteiger partial charge in [-0.1, -0.05) is 18.8 Å². The summed E-state index contributed by atoms with van der Waals surface area (Å²) < 4.78 is 5.35. The summed E-state index contributed by atoms with van der Waals surface area (Å²) in [5.74, 6) is 5.59.